The molecule has 2 aromatic carbocycles. The number of nitrogens with one attached hydrogen (secondary N) is 2. The molecule has 0 radical (unpaired) electrons. The maximum absolute atomic E-state index is 13.0. The number of nitrogens with zero attached hydrogens (tertiary/aromatic N) is 1. The number of carbonyl (C=O) groups excluding carboxylic acids is 1. The fraction of sp³-hybridized carbons (Fsp3) is 0.273. The van der Waals surface area contributed by atoms with E-state index in [4.69, 9.17) is 5.26 Å². The minimum absolute atomic E-state index is 0.0443. The molecule has 1 aliphatic carbocycles. The lowest BCUT2D eigenvalue weighted by Crippen LogP contribution is -2.25. The van der Waals surface area contributed by atoms with Crippen molar-refractivity contribution in [1.29, 1.82) is 5.26 Å². The summed E-state index contributed by atoms with van der Waals surface area (Å²) in [4.78, 5) is 12.7. The van der Waals surface area contributed by atoms with Gasteiger partial charge in [-0.15, -0.1) is 0 Å². The highest BCUT2D eigenvalue weighted by atomic mass is 32.2. The third-order valence-electron chi connectivity index (χ3n) is 5.09. The number of Topliss-reactive ketones (excluding diaryl/α,β-unsaturated/α-hetero) is 1. The summed E-state index contributed by atoms with van der Waals surface area (Å²) in [5, 5.41) is 15.2. The molecule has 0 amide bonds. The Morgan fingerprint density at radius 3 is 2.48 bits per heavy atom. The van der Waals surface area contributed by atoms with E-state index in [1.807, 2.05) is 6.07 Å². The van der Waals surface area contributed by atoms with Crippen LogP contribution in [0, 0.1) is 11.3 Å². The van der Waals surface area contributed by atoms with Crippen LogP contribution in [-0.2, 0) is 14.6 Å². The van der Waals surface area contributed by atoms with Gasteiger partial charge < -0.3 is 10.6 Å². The predicted molar refractivity (Wildman–Crippen MR) is 112 cm³/mol. The summed E-state index contributed by atoms with van der Waals surface area (Å²) < 4.78 is 50.9. The van der Waals surface area contributed by atoms with Crippen LogP contribution in [-0.4, -0.2) is 27.5 Å². The van der Waals surface area contributed by atoms with Gasteiger partial charge in [0.1, 0.15) is 0 Å². The fourth-order valence-corrected chi connectivity index (χ4v) is 4.64. The second kappa shape index (κ2) is 8.96. The number of hydrogen-bond acceptors (Lipinski definition) is 6. The first-order valence-corrected chi connectivity index (χ1v) is 11.4. The standard InChI is InChI=1S/C22H21F2N3O3S/c1-26-21(16-7-6-13(12-25)10-19(16)31(2,29)30)20-17(8-9-18(20)28)27-15-5-3-4-14(11-15)22(23)24/h3-7,10-11,21-22,26-27H,8-9H2,1-2H3. The number of rotatable bonds is 7. The SMILES string of the molecule is CNC(C1=C(Nc2cccc(C(F)F)c2)CCC1=O)c1ccc(C#N)cc1S(C)(=O)=O. The second-order valence-electron chi connectivity index (χ2n) is 7.22. The van der Waals surface area contributed by atoms with Gasteiger partial charge >= 0.3 is 0 Å². The minimum atomic E-state index is -3.69. The molecular formula is C22H21F2N3O3S. The maximum Gasteiger partial charge on any atom is 0.263 e. The maximum atomic E-state index is 13.0. The Hall–Kier alpha value is -3.09. The molecule has 0 heterocycles. The molecule has 0 saturated carbocycles. The van der Waals surface area contributed by atoms with Gasteiger partial charge in [-0.3, -0.25) is 4.79 Å². The fourth-order valence-electron chi connectivity index (χ4n) is 3.69. The quantitative estimate of drug-likeness (QED) is 0.671. The van der Waals surface area contributed by atoms with Crippen molar-refractivity contribution >= 4 is 21.3 Å². The van der Waals surface area contributed by atoms with E-state index >= 15 is 0 Å². The van der Waals surface area contributed by atoms with E-state index < -0.39 is 22.3 Å². The molecule has 31 heavy (non-hydrogen) atoms. The van der Waals surface area contributed by atoms with Crippen LogP contribution in [0.5, 0.6) is 0 Å². The zero-order valence-corrected chi connectivity index (χ0v) is 17.8. The number of anilines is 1. The third kappa shape index (κ3) is 4.81. The average molecular weight is 445 g/mol. The van der Waals surface area contributed by atoms with Crippen LogP contribution in [0.3, 0.4) is 0 Å². The Morgan fingerprint density at radius 1 is 1.13 bits per heavy atom. The van der Waals surface area contributed by atoms with Crippen molar-refractivity contribution in [2.45, 2.75) is 30.2 Å². The Bertz CT molecular complexity index is 1200. The van der Waals surface area contributed by atoms with Crippen LogP contribution in [0.15, 0.2) is 58.6 Å². The zero-order valence-electron chi connectivity index (χ0n) is 16.9. The number of benzene rings is 2. The molecule has 0 saturated heterocycles. The average Bonchev–Trinajstić information content (AvgIpc) is 3.08. The lowest BCUT2D eigenvalue weighted by molar-refractivity contribution is -0.115. The smallest absolute Gasteiger partial charge is 0.263 e. The molecule has 2 N–H and O–H groups in total. The summed E-state index contributed by atoms with van der Waals surface area (Å²) in [5.74, 6) is -0.171. The molecule has 1 aliphatic rings. The van der Waals surface area contributed by atoms with Crippen LogP contribution in [0.4, 0.5) is 14.5 Å². The molecular weight excluding hydrogens is 424 g/mol. The molecule has 0 bridgehead atoms. The van der Waals surface area contributed by atoms with E-state index in [2.05, 4.69) is 10.6 Å². The topological polar surface area (TPSA) is 99.1 Å². The van der Waals surface area contributed by atoms with Crippen LogP contribution in [0.25, 0.3) is 0 Å². The molecule has 2 aromatic rings. The first-order chi connectivity index (χ1) is 14.7. The number of carbonyl (C=O) groups is 1. The van der Waals surface area contributed by atoms with Gasteiger partial charge in [0.05, 0.1) is 22.6 Å². The van der Waals surface area contributed by atoms with E-state index in [0.29, 0.717) is 28.9 Å². The van der Waals surface area contributed by atoms with Gasteiger partial charge in [0.25, 0.3) is 6.43 Å². The predicted octanol–water partition coefficient (Wildman–Crippen LogP) is 3.89. The summed E-state index contributed by atoms with van der Waals surface area (Å²) in [6.07, 6.45) is -0.995. The van der Waals surface area contributed by atoms with Gasteiger partial charge in [0.2, 0.25) is 0 Å². The molecule has 6 nitrogen and oxygen atoms in total. The van der Waals surface area contributed by atoms with Crippen LogP contribution >= 0.6 is 0 Å². The molecule has 0 aliphatic heterocycles. The highest BCUT2D eigenvalue weighted by molar-refractivity contribution is 7.90. The number of halogens is 2. The van der Waals surface area contributed by atoms with Crippen molar-refractivity contribution < 1.29 is 22.0 Å². The van der Waals surface area contributed by atoms with E-state index in [1.54, 1.807) is 13.1 Å². The van der Waals surface area contributed by atoms with Gasteiger partial charge in [-0.1, -0.05) is 18.2 Å². The van der Waals surface area contributed by atoms with Crippen LogP contribution in [0.1, 0.15) is 42.0 Å². The van der Waals surface area contributed by atoms with E-state index in [1.165, 1.54) is 36.4 Å². The van der Waals surface area contributed by atoms with Gasteiger partial charge in [-0.25, -0.2) is 17.2 Å². The van der Waals surface area contributed by atoms with Crippen molar-refractivity contribution in [3.63, 3.8) is 0 Å². The zero-order chi connectivity index (χ0) is 22.8. The largest absolute Gasteiger partial charge is 0.358 e. The summed E-state index contributed by atoms with van der Waals surface area (Å²) in [5.41, 5.74) is 1.69. The molecule has 162 valence electrons. The molecule has 9 heteroatoms. The number of likely N-dealkylation sites (N-methyl/N-ethyl adjacent to an activating group) is 1. The highest BCUT2D eigenvalue weighted by Gasteiger charge is 2.33. The number of alkyl halides is 2. The van der Waals surface area contributed by atoms with E-state index in [0.717, 1.165) is 6.26 Å². The number of allylic oxidation sites excluding steroid dienone is 1. The second-order valence-corrected chi connectivity index (χ2v) is 9.21. The Balaban J connectivity index is 2.10. The van der Waals surface area contributed by atoms with Crippen molar-refractivity contribution in [1.82, 2.24) is 5.32 Å². The Morgan fingerprint density at radius 2 is 1.87 bits per heavy atom. The van der Waals surface area contributed by atoms with E-state index in [-0.39, 0.29) is 28.2 Å². The molecule has 1 atom stereocenters. The van der Waals surface area contributed by atoms with Crippen molar-refractivity contribution in [2.24, 2.45) is 0 Å². The Labute approximate surface area is 179 Å². The summed E-state index contributed by atoms with van der Waals surface area (Å²) in [7, 11) is -2.09. The summed E-state index contributed by atoms with van der Waals surface area (Å²) >= 11 is 0. The van der Waals surface area contributed by atoms with Crippen LogP contribution in [0.2, 0.25) is 0 Å². The van der Waals surface area contributed by atoms with Crippen molar-refractivity contribution in [3.8, 4) is 6.07 Å². The number of nitriles is 1. The normalized spacial score (nSPS) is 15.3. The van der Waals surface area contributed by atoms with Crippen LogP contribution < -0.4 is 10.6 Å². The van der Waals surface area contributed by atoms with Crippen molar-refractivity contribution in [3.05, 3.63) is 70.4 Å². The highest BCUT2D eigenvalue weighted by Crippen LogP contribution is 2.36. The van der Waals surface area contributed by atoms with Gasteiger partial charge in [-0.05, 0) is 43.3 Å². The molecule has 0 fully saturated rings. The van der Waals surface area contributed by atoms with Crippen molar-refractivity contribution in [2.75, 3.05) is 18.6 Å². The molecule has 0 aromatic heterocycles. The lowest BCUT2D eigenvalue weighted by atomic mass is 9.95. The molecule has 1 unspecified atom stereocenters. The third-order valence-corrected chi connectivity index (χ3v) is 6.24. The summed E-state index contributed by atoms with van der Waals surface area (Å²) in [6, 6.07) is 11.2. The Kier molecular flexibility index (Phi) is 6.53. The number of hydrogen-bond donors (Lipinski definition) is 2. The lowest BCUT2D eigenvalue weighted by Gasteiger charge is -2.22. The first kappa shape index (κ1) is 22.6. The van der Waals surface area contributed by atoms with E-state index in [9.17, 15) is 22.0 Å². The molecule has 0 spiro atoms. The molecule has 3 rings (SSSR count). The number of ketones is 1. The van der Waals surface area contributed by atoms with Gasteiger partial charge in [-0.2, -0.15) is 5.26 Å². The minimum Gasteiger partial charge on any atom is -0.358 e. The monoisotopic (exact) mass is 445 g/mol. The summed E-state index contributed by atoms with van der Waals surface area (Å²) in [6.45, 7) is 0. The van der Waals surface area contributed by atoms with Gasteiger partial charge in [0.15, 0.2) is 15.6 Å². The van der Waals surface area contributed by atoms with Gasteiger partial charge in [0, 0.05) is 35.2 Å². The number of sulfone groups is 1. The first-order valence-electron chi connectivity index (χ1n) is 9.48.